The number of alkyl halides is 2. The number of ether oxygens (including phenoxy) is 2. The monoisotopic (exact) mass is 405 g/mol. The van der Waals surface area contributed by atoms with E-state index in [4.69, 9.17) is 21.7 Å². The molecule has 1 aromatic carbocycles. The van der Waals surface area contributed by atoms with Gasteiger partial charge in [0, 0.05) is 17.2 Å². The Morgan fingerprint density at radius 3 is 2.54 bits per heavy atom. The molecule has 1 aliphatic carbocycles. The molecule has 9 heteroatoms. The zero-order chi connectivity index (χ0) is 20.0. The maximum absolute atomic E-state index is 13.8. The molecule has 28 heavy (non-hydrogen) atoms. The molecule has 0 atom stereocenters. The van der Waals surface area contributed by atoms with Crippen LogP contribution in [0.3, 0.4) is 0 Å². The van der Waals surface area contributed by atoms with Crippen molar-refractivity contribution in [3.63, 3.8) is 0 Å². The van der Waals surface area contributed by atoms with Crippen molar-refractivity contribution in [3.05, 3.63) is 45.0 Å². The van der Waals surface area contributed by atoms with Crippen molar-refractivity contribution in [2.24, 2.45) is 0 Å². The summed E-state index contributed by atoms with van der Waals surface area (Å²) in [5, 5.41) is -0.125. The molecule has 6 nitrogen and oxygen atoms in total. The Morgan fingerprint density at radius 1 is 1.21 bits per heavy atom. The maximum Gasteiger partial charge on any atom is 0.264 e. The molecule has 0 spiro atoms. The average molecular weight is 405 g/mol. The first-order valence-electron chi connectivity index (χ1n) is 8.64. The smallest absolute Gasteiger partial charge is 0.264 e. The molecule has 0 saturated heterocycles. The largest absolute Gasteiger partial charge is 0.493 e. The normalized spacial score (nSPS) is 13.9. The van der Waals surface area contributed by atoms with Crippen LogP contribution in [0, 0.1) is 4.77 Å². The summed E-state index contributed by atoms with van der Waals surface area (Å²) >= 11 is 5.27. The van der Waals surface area contributed by atoms with Gasteiger partial charge in [0.2, 0.25) is 0 Å². The van der Waals surface area contributed by atoms with Crippen LogP contribution in [-0.2, 0) is 0 Å². The average Bonchev–Trinajstić information content (AvgIpc) is 3.51. The Morgan fingerprint density at radius 2 is 1.93 bits per heavy atom. The van der Waals surface area contributed by atoms with Crippen LogP contribution in [0.25, 0.3) is 22.3 Å². The molecule has 1 N–H and O–H groups in total. The van der Waals surface area contributed by atoms with Crippen LogP contribution < -0.4 is 15.0 Å². The summed E-state index contributed by atoms with van der Waals surface area (Å²) in [5.41, 5.74) is 0.0194. The van der Waals surface area contributed by atoms with E-state index in [0.29, 0.717) is 22.8 Å². The van der Waals surface area contributed by atoms with Crippen LogP contribution in [0.15, 0.2) is 29.1 Å². The van der Waals surface area contributed by atoms with Gasteiger partial charge >= 0.3 is 0 Å². The number of methoxy groups -OCH3 is 2. The first kappa shape index (κ1) is 18.5. The molecule has 1 aliphatic rings. The highest BCUT2D eigenvalue weighted by Gasteiger charge is 2.29. The van der Waals surface area contributed by atoms with Crippen molar-refractivity contribution < 1.29 is 18.3 Å². The molecule has 2 aromatic heterocycles. The quantitative estimate of drug-likeness (QED) is 0.637. The maximum atomic E-state index is 13.8. The summed E-state index contributed by atoms with van der Waals surface area (Å²) in [6, 6.07) is 6.34. The SMILES string of the molecule is COc1ccc(-c2cc(C(F)F)c3c(=O)[nH]c(=S)n(C4CC4)c3n2)cc1OC. The van der Waals surface area contributed by atoms with Crippen LogP contribution in [-0.4, -0.2) is 28.8 Å². The van der Waals surface area contributed by atoms with Crippen molar-refractivity contribution in [1.82, 2.24) is 14.5 Å². The second-order valence-electron chi connectivity index (χ2n) is 6.53. The lowest BCUT2D eigenvalue weighted by Crippen LogP contribution is -2.17. The van der Waals surface area contributed by atoms with Crippen molar-refractivity contribution in [3.8, 4) is 22.8 Å². The number of rotatable bonds is 5. The number of benzene rings is 1. The van der Waals surface area contributed by atoms with Gasteiger partial charge in [0.25, 0.3) is 12.0 Å². The molecule has 1 saturated carbocycles. The number of nitrogens with one attached hydrogen (secondary N) is 1. The van der Waals surface area contributed by atoms with Crippen LogP contribution in [0.5, 0.6) is 11.5 Å². The molecule has 0 aliphatic heterocycles. The van der Waals surface area contributed by atoms with E-state index in [1.807, 2.05) is 0 Å². The lowest BCUT2D eigenvalue weighted by molar-refractivity contribution is 0.153. The zero-order valence-electron chi connectivity index (χ0n) is 15.2. The molecule has 0 bridgehead atoms. The number of fused-ring (bicyclic) bond motifs is 1. The molecule has 0 radical (unpaired) electrons. The zero-order valence-corrected chi connectivity index (χ0v) is 16.0. The Hall–Kier alpha value is -2.81. The van der Waals surface area contributed by atoms with Gasteiger partial charge in [-0.25, -0.2) is 13.8 Å². The molecule has 4 rings (SSSR count). The molecule has 1 fully saturated rings. The van der Waals surface area contributed by atoms with Gasteiger partial charge in [0.05, 0.1) is 25.3 Å². The summed E-state index contributed by atoms with van der Waals surface area (Å²) in [6.45, 7) is 0. The summed E-state index contributed by atoms with van der Waals surface area (Å²) in [7, 11) is 3.00. The molecule has 3 aromatic rings. The summed E-state index contributed by atoms with van der Waals surface area (Å²) < 4.78 is 40.0. The van der Waals surface area contributed by atoms with Gasteiger partial charge < -0.3 is 9.47 Å². The van der Waals surface area contributed by atoms with E-state index in [9.17, 15) is 13.6 Å². The Labute approximate surface area is 163 Å². The van der Waals surface area contributed by atoms with Crippen molar-refractivity contribution in [2.75, 3.05) is 14.2 Å². The van der Waals surface area contributed by atoms with Gasteiger partial charge in [0.1, 0.15) is 5.65 Å². The molecule has 146 valence electrons. The van der Waals surface area contributed by atoms with Crippen LogP contribution in [0.1, 0.15) is 30.9 Å². The van der Waals surface area contributed by atoms with Crippen LogP contribution in [0.4, 0.5) is 8.78 Å². The third-order valence-corrected chi connectivity index (χ3v) is 5.05. The van der Waals surface area contributed by atoms with Gasteiger partial charge in [0.15, 0.2) is 16.3 Å². The molecular formula is C19H17F2N3O3S. The number of halogens is 2. The first-order chi connectivity index (χ1) is 13.4. The fraction of sp³-hybridized carbons (Fsp3) is 0.316. The second kappa shape index (κ2) is 6.97. The van der Waals surface area contributed by atoms with E-state index < -0.39 is 12.0 Å². The number of hydrogen-bond donors (Lipinski definition) is 1. The predicted molar refractivity (Wildman–Crippen MR) is 103 cm³/mol. The fourth-order valence-electron chi connectivity index (χ4n) is 3.26. The Balaban J connectivity index is 2.04. The Bertz CT molecular complexity index is 1190. The van der Waals surface area contributed by atoms with E-state index in [1.165, 1.54) is 20.3 Å². The van der Waals surface area contributed by atoms with E-state index in [0.717, 1.165) is 12.8 Å². The minimum Gasteiger partial charge on any atom is -0.493 e. The highest BCUT2D eigenvalue weighted by atomic mass is 32.1. The third-order valence-electron chi connectivity index (χ3n) is 4.75. The minimum atomic E-state index is -2.84. The lowest BCUT2D eigenvalue weighted by atomic mass is 10.1. The minimum absolute atomic E-state index is 0.0607. The first-order valence-corrected chi connectivity index (χ1v) is 9.05. The van der Waals surface area contributed by atoms with Crippen molar-refractivity contribution >= 4 is 23.3 Å². The number of aromatic amines is 1. The van der Waals surface area contributed by atoms with Crippen LogP contribution in [0.2, 0.25) is 0 Å². The van der Waals surface area contributed by atoms with Crippen molar-refractivity contribution in [1.29, 1.82) is 0 Å². The number of nitrogens with zero attached hydrogens (tertiary/aromatic N) is 2. The molecular weight excluding hydrogens is 388 g/mol. The van der Waals surface area contributed by atoms with E-state index in [1.54, 1.807) is 22.8 Å². The fourth-order valence-corrected chi connectivity index (χ4v) is 3.59. The van der Waals surface area contributed by atoms with Crippen molar-refractivity contribution in [2.45, 2.75) is 25.3 Å². The van der Waals surface area contributed by atoms with Crippen LogP contribution >= 0.6 is 12.2 Å². The molecule has 2 heterocycles. The van der Waals surface area contributed by atoms with Gasteiger partial charge in [-0.3, -0.25) is 14.3 Å². The predicted octanol–water partition coefficient (Wildman–Crippen LogP) is 4.41. The van der Waals surface area contributed by atoms with Gasteiger partial charge in [-0.05, 0) is 49.3 Å². The Kier molecular flexibility index (Phi) is 4.62. The number of pyridine rings is 1. The summed E-state index contributed by atoms with van der Waals surface area (Å²) in [4.78, 5) is 19.5. The van der Waals surface area contributed by atoms with E-state index in [-0.39, 0.29) is 27.4 Å². The van der Waals surface area contributed by atoms with E-state index in [2.05, 4.69) is 9.97 Å². The highest BCUT2D eigenvalue weighted by Crippen LogP contribution is 2.39. The standard InChI is InChI=1S/C19H17F2N3O3S/c1-26-13-6-3-9(7-14(13)27-2)12-8-11(16(20)21)15-17(22-12)24(10-4-5-10)19(28)23-18(15)25/h3,6-8,10,16H,4-5H2,1-2H3,(H,23,25,28). The van der Waals surface area contributed by atoms with E-state index >= 15 is 0 Å². The summed E-state index contributed by atoms with van der Waals surface area (Å²) in [6.07, 6.45) is -1.11. The summed E-state index contributed by atoms with van der Waals surface area (Å²) in [5.74, 6) is 0.962. The number of aromatic nitrogens is 3. The lowest BCUT2D eigenvalue weighted by Gasteiger charge is -2.15. The third kappa shape index (κ3) is 3.05. The second-order valence-corrected chi connectivity index (χ2v) is 6.91. The van der Waals surface area contributed by atoms with Gasteiger partial charge in [-0.15, -0.1) is 0 Å². The topological polar surface area (TPSA) is 69.1 Å². The van der Waals surface area contributed by atoms with Gasteiger partial charge in [-0.2, -0.15) is 0 Å². The van der Waals surface area contributed by atoms with Gasteiger partial charge in [-0.1, -0.05) is 0 Å². The molecule has 0 unspecified atom stereocenters. The molecule has 0 amide bonds. The number of H-pyrrole nitrogens is 1. The highest BCUT2D eigenvalue weighted by molar-refractivity contribution is 7.71. The number of hydrogen-bond acceptors (Lipinski definition) is 5.